The van der Waals surface area contributed by atoms with E-state index in [1.165, 1.54) is 11.6 Å². The number of ether oxygens (including phenoxy) is 1. The quantitative estimate of drug-likeness (QED) is 0.247. The third-order valence-electron chi connectivity index (χ3n) is 1.17. The molecule has 0 spiro atoms. The van der Waals surface area contributed by atoms with E-state index in [4.69, 9.17) is 10.00 Å². The Hall–Kier alpha value is -1.82. The molecule has 0 saturated heterocycles. The number of hydrogen-bond acceptors (Lipinski definition) is 3. The highest BCUT2D eigenvalue weighted by Gasteiger charge is 2.00. The molecule has 0 heterocycles. The Bertz CT molecular complexity index is 294. The lowest BCUT2D eigenvalue weighted by atomic mass is 10.3. The Morgan fingerprint density at radius 2 is 1.72 bits per heavy atom. The van der Waals surface area contributed by atoms with Crippen molar-refractivity contribution in [2.45, 2.75) is 40.5 Å². The molecule has 0 aromatic carbocycles. The first-order valence-corrected chi connectivity index (χ1v) is 5.78. The van der Waals surface area contributed by atoms with Gasteiger partial charge in [0.2, 0.25) is 0 Å². The highest BCUT2D eigenvalue weighted by Crippen LogP contribution is 1.94. The summed E-state index contributed by atoms with van der Waals surface area (Å²) >= 11 is 0. The van der Waals surface area contributed by atoms with Gasteiger partial charge in [0.1, 0.15) is 0 Å². The summed E-state index contributed by atoms with van der Waals surface area (Å²) in [7, 11) is 0. The molecular formula is C15H25NO2. The Balaban J connectivity index is -0.000000233. The van der Waals surface area contributed by atoms with E-state index in [0.717, 1.165) is 12.8 Å². The summed E-state index contributed by atoms with van der Waals surface area (Å²) in [5.41, 5.74) is 1.64. The molecule has 18 heavy (non-hydrogen) atoms. The fraction of sp³-hybridized carbons (Fsp3) is 0.467. The Morgan fingerprint density at radius 3 is 1.94 bits per heavy atom. The van der Waals surface area contributed by atoms with E-state index in [1.807, 2.05) is 13.8 Å². The van der Waals surface area contributed by atoms with Crippen LogP contribution >= 0.6 is 0 Å². The number of nitrogens with zero attached hydrogens (tertiary/aromatic N) is 1. The predicted octanol–water partition coefficient (Wildman–Crippen LogP) is 4.18. The SMILES string of the molecule is C=C(C)C.C=C(C)C(=O)OCCCC.C=CC#N. The van der Waals surface area contributed by atoms with Crippen molar-refractivity contribution in [3.8, 4) is 6.07 Å². The van der Waals surface area contributed by atoms with Crippen LogP contribution in [0.25, 0.3) is 0 Å². The van der Waals surface area contributed by atoms with Crippen molar-refractivity contribution in [1.29, 1.82) is 5.26 Å². The van der Waals surface area contributed by atoms with Gasteiger partial charge in [-0.25, -0.2) is 4.79 Å². The van der Waals surface area contributed by atoms with Crippen LogP contribution in [0.4, 0.5) is 0 Å². The predicted molar refractivity (Wildman–Crippen MR) is 77.0 cm³/mol. The van der Waals surface area contributed by atoms with Gasteiger partial charge in [-0.3, -0.25) is 0 Å². The van der Waals surface area contributed by atoms with Crippen LogP contribution in [-0.4, -0.2) is 12.6 Å². The molecule has 0 radical (unpaired) electrons. The summed E-state index contributed by atoms with van der Waals surface area (Å²) < 4.78 is 4.81. The maximum atomic E-state index is 10.7. The highest BCUT2D eigenvalue weighted by molar-refractivity contribution is 5.86. The second-order valence-corrected chi connectivity index (χ2v) is 3.81. The van der Waals surface area contributed by atoms with Crippen LogP contribution in [0.3, 0.4) is 0 Å². The van der Waals surface area contributed by atoms with Crippen LogP contribution < -0.4 is 0 Å². The van der Waals surface area contributed by atoms with Crippen LogP contribution in [0.5, 0.6) is 0 Å². The maximum Gasteiger partial charge on any atom is 0.333 e. The molecule has 3 nitrogen and oxygen atoms in total. The Kier molecular flexibility index (Phi) is 21.0. The first-order valence-electron chi connectivity index (χ1n) is 5.78. The van der Waals surface area contributed by atoms with Crippen LogP contribution in [0.15, 0.2) is 37.0 Å². The zero-order valence-electron chi connectivity index (χ0n) is 12.1. The molecule has 0 aliphatic heterocycles. The van der Waals surface area contributed by atoms with E-state index >= 15 is 0 Å². The zero-order valence-corrected chi connectivity index (χ0v) is 12.1. The van der Waals surface area contributed by atoms with E-state index < -0.39 is 0 Å². The van der Waals surface area contributed by atoms with Crippen molar-refractivity contribution in [2.75, 3.05) is 6.61 Å². The Morgan fingerprint density at radius 1 is 1.33 bits per heavy atom. The van der Waals surface area contributed by atoms with Gasteiger partial charge in [-0.15, -0.1) is 6.58 Å². The molecule has 0 N–H and O–H groups in total. The van der Waals surface area contributed by atoms with Crippen molar-refractivity contribution in [3.63, 3.8) is 0 Å². The number of carbonyl (C=O) groups is 1. The first kappa shape index (κ1) is 21.5. The van der Waals surface area contributed by atoms with Gasteiger partial charge in [0, 0.05) is 11.6 Å². The van der Waals surface area contributed by atoms with Gasteiger partial charge in [0.25, 0.3) is 0 Å². The van der Waals surface area contributed by atoms with Crippen LogP contribution in [0.1, 0.15) is 40.5 Å². The van der Waals surface area contributed by atoms with Gasteiger partial charge >= 0.3 is 5.97 Å². The number of unbranched alkanes of at least 4 members (excludes halogenated alkanes) is 1. The summed E-state index contributed by atoms with van der Waals surface area (Å²) in [4.78, 5) is 10.7. The van der Waals surface area contributed by atoms with Gasteiger partial charge in [0.15, 0.2) is 0 Å². The summed E-state index contributed by atoms with van der Waals surface area (Å²) in [6.45, 7) is 18.3. The monoisotopic (exact) mass is 251 g/mol. The summed E-state index contributed by atoms with van der Waals surface area (Å²) in [5, 5.41) is 7.51. The van der Waals surface area contributed by atoms with Crippen LogP contribution in [0, 0.1) is 11.3 Å². The first-order chi connectivity index (χ1) is 8.33. The summed E-state index contributed by atoms with van der Waals surface area (Å²) in [5.74, 6) is -0.284. The van der Waals surface area contributed by atoms with E-state index in [2.05, 4.69) is 26.7 Å². The zero-order chi connectivity index (χ0) is 15.0. The highest BCUT2D eigenvalue weighted by atomic mass is 16.5. The van der Waals surface area contributed by atoms with Crippen LogP contribution in [-0.2, 0) is 9.53 Å². The van der Waals surface area contributed by atoms with E-state index in [9.17, 15) is 4.79 Å². The lowest BCUT2D eigenvalue weighted by Crippen LogP contribution is -2.05. The van der Waals surface area contributed by atoms with Gasteiger partial charge in [0.05, 0.1) is 12.7 Å². The number of esters is 1. The minimum absolute atomic E-state index is 0.284. The second kappa shape index (κ2) is 17.6. The maximum absolute atomic E-state index is 10.7. The van der Waals surface area contributed by atoms with E-state index in [1.54, 1.807) is 13.0 Å². The molecule has 0 aromatic rings. The van der Waals surface area contributed by atoms with Crippen molar-refractivity contribution in [2.24, 2.45) is 0 Å². The molecule has 0 saturated carbocycles. The lowest BCUT2D eigenvalue weighted by molar-refractivity contribution is -0.139. The number of nitriles is 1. The van der Waals surface area contributed by atoms with Crippen molar-refractivity contribution in [3.05, 3.63) is 37.0 Å². The normalized spacial score (nSPS) is 7.28. The molecule has 0 aromatic heterocycles. The molecule has 0 rings (SSSR count). The molecule has 0 amide bonds. The van der Waals surface area contributed by atoms with Crippen molar-refractivity contribution >= 4 is 5.97 Å². The third-order valence-corrected chi connectivity index (χ3v) is 1.17. The fourth-order valence-corrected chi connectivity index (χ4v) is 0.432. The van der Waals surface area contributed by atoms with Gasteiger partial charge in [-0.2, -0.15) is 5.26 Å². The smallest absolute Gasteiger partial charge is 0.333 e. The molecule has 3 heteroatoms. The molecule has 0 unspecified atom stereocenters. The number of allylic oxidation sites excluding steroid dienone is 2. The molecule has 0 aliphatic carbocycles. The minimum atomic E-state index is -0.284. The van der Waals surface area contributed by atoms with E-state index in [-0.39, 0.29) is 5.97 Å². The van der Waals surface area contributed by atoms with Gasteiger partial charge in [-0.1, -0.05) is 32.1 Å². The minimum Gasteiger partial charge on any atom is -0.462 e. The molecule has 0 fully saturated rings. The van der Waals surface area contributed by atoms with Crippen molar-refractivity contribution in [1.82, 2.24) is 0 Å². The number of rotatable bonds is 4. The molecule has 0 atom stereocenters. The lowest BCUT2D eigenvalue weighted by Gasteiger charge is -2.01. The van der Waals surface area contributed by atoms with Crippen molar-refractivity contribution < 1.29 is 9.53 Å². The molecule has 102 valence electrons. The Labute approximate surface area is 111 Å². The molecule has 0 bridgehead atoms. The largest absolute Gasteiger partial charge is 0.462 e. The average molecular weight is 251 g/mol. The summed E-state index contributed by atoms with van der Waals surface area (Å²) in [6.07, 6.45) is 3.16. The van der Waals surface area contributed by atoms with Gasteiger partial charge < -0.3 is 4.74 Å². The summed E-state index contributed by atoms with van der Waals surface area (Å²) in [6, 6.07) is 1.69. The number of carbonyl (C=O) groups excluding carboxylic acids is 1. The standard InChI is InChI=1S/C8H14O2.C4H8.C3H3N/c1-4-5-6-10-8(9)7(2)3;1-4(2)3;1-2-3-4/h2,4-6H2,1,3H3;1H2,2-3H3;2H,1H2. The second-order valence-electron chi connectivity index (χ2n) is 3.81. The third kappa shape index (κ3) is 36.8. The van der Waals surface area contributed by atoms with Crippen LogP contribution in [0.2, 0.25) is 0 Å². The molecule has 0 aliphatic rings. The van der Waals surface area contributed by atoms with E-state index in [0.29, 0.717) is 12.2 Å². The number of hydrogen-bond donors (Lipinski definition) is 0. The van der Waals surface area contributed by atoms with Gasteiger partial charge in [-0.05, 0) is 27.2 Å². The topological polar surface area (TPSA) is 50.1 Å². The fourth-order valence-electron chi connectivity index (χ4n) is 0.432. The molecular weight excluding hydrogens is 226 g/mol. The average Bonchev–Trinajstić information content (AvgIpc) is 2.28.